The standard InChI is InChI=1S/C18H20N4O4/c1-12-11-19-17(23)22(12)14-5-3-4-13(10-14)15-20-16(26-21-15)18(24-2)6-8-25-9-7-18/h3-5,10-11H,6-9H2,1-2H3,(H,19,23). The van der Waals surface area contributed by atoms with Gasteiger partial charge < -0.3 is 19.0 Å². The molecule has 0 spiro atoms. The first-order chi connectivity index (χ1) is 12.6. The van der Waals surface area contributed by atoms with E-state index in [0.29, 0.717) is 37.8 Å². The van der Waals surface area contributed by atoms with Gasteiger partial charge in [0, 0.05) is 50.6 Å². The molecular formula is C18H20N4O4. The van der Waals surface area contributed by atoms with E-state index in [1.54, 1.807) is 17.9 Å². The Kier molecular flexibility index (Phi) is 4.21. The third-order valence-corrected chi connectivity index (χ3v) is 4.83. The maximum atomic E-state index is 12.0. The van der Waals surface area contributed by atoms with Crippen LogP contribution in [0, 0.1) is 6.92 Å². The summed E-state index contributed by atoms with van der Waals surface area (Å²) in [6.45, 7) is 3.05. The summed E-state index contributed by atoms with van der Waals surface area (Å²) in [7, 11) is 1.65. The maximum Gasteiger partial charge on any atom is 0.330 e. The first-order valence-electron chi connectivity index (χ1n) is 8.48. The fourth-order valence-electron chi connectivity index (χ4n) is 3.29. The average molecular weight is 356 g/mol. The monoisotopic (exact) mass is 356 g/mol. The van der Waals surface area contributed by atoms with E-state index in [9.17, 15) is 4.79 Å². The van der Waals surface area contributed by atoms with Gasteiger partial charge >= 0.3 is 5.69 Å². The summed E-state index contributed by atoms with van der Waals surface area (Å²) in [5.74, 6) is 0.921. The van der Waals surface area contributed by atoms with Crippen molar-refractivity contribution in [2.24, 2.45) is 0 Å². The highest BCUT2D eigenvalue weighted by Gasteiger charge is 2.40. The van der Waals surface area contributed by atoms with Crippen molar-refractivity contribution in [3.63, 3.8) is 0 Å². The molecule has 1 aromatic carbocycles. The molecule has 1 saturated heterocycles. The lowest BCUT2D eigenvalue weighted by molar-refractivity contribution is -0.111. The van der Waals surface area contributed by atoms with Crippen molar-refractivity contribution < 1.29 is 14.0 Å². The molecule has 8 nitrogen and oxygen atoms in total. The van der Waals surface area contributed by atoms with E-state index in [0.717, 1.165) is 16.9 Å². The lowest BCUT2D eigenvalue weighted by atomic mass is 9.94. The quantitative estimate of drug-likeness (QED) is 0.770. The molecule has 8 heteroatoms. The second kappa shape index (κ2) is 6.54. The Morgan fingerprint density at radius 1 is 1.31 bits per heavy atom. The van der Waals surface area contributed by atoms with Crippen LogP contribution in [0.2, 0.25) is 0 Å². The second-order valence-electron chi connectivity index (χ2n) is 6.35. The van der Waals surface area contributed by atoms with Crippen LogP contribution in [0.3, 0.4) is 0 Å². The van der Waals surface area contributed by atoms with Crippen LogP contribution < -0.4 is 5.69 Å². The van der Waals surface area contributed by atoms with E-state index < -0.39 is 5.60 Å². The second-order valence-corrected chi connectivity index (χ2v) is 6.35. The van der Waals surface area contributed by atoms with E-state index in [-0.39, 0.29) is 5.69 Å². The van der Waals surface area contributed by atoms with E-state index in [1.165, 1.54) is 0 Å². The van der Waals surface area contributed by atoms with Gasteiger partial charge in [0.05, 0.1) is 5.69 Å². The van der Waals surface area contributed by atoms with Gasteiger partial charge in [-0.2, -0.15) is 4.98 Å². The van der Waals surface area contributed by atoms with E-state index in [2.05, 4.69) is 15.1 Å². The van der Waals surface area contributed by atoms with Gasteiger partial charge in [-0.15, -0.1) is 0 Å². The number of hydrogen-bond donors (Lipinski definition) is 1. The fraction of sp³-hybridized carbons (Fsp3) is 0.389. The van der Waals surface area contributed by atoms with Gasteiger partial charge in [0.25, 0.3) is 5.89 Å². The SMILES string of the molecule is COC1(c2nc(-c3cccc(-n4c(C)c[nH]c4=O)c3)no2)CCOCC1. The number of imidazole rings is 1. The number of aromatic amines is 1. The summed E-state index contributed by atoms with van der Waals surface area (Å²) in [4.78, 5) is 19.3. The van der Waals surface area contributed by atoms with Gasteiger partial charge in [0.2, 0.25) is 5.82 Å². The van der Waals surface area contributed by atoms with Gasteiger partial charge in [0.15, 0.2) is 5.60 Å². The Bertz CT molecular complexity index is 965. The van der Waals surface area contributed by atoms with Crippen LogP contribution >= 0.6 is 0 Å². The van der Waals surface area contributed by atoms with Crippen LogP contribution in [-0.4, -0.2) is 40.0 Å². The number of hydrogen-bond acceptors (Lipinski definition) is 6. The molecule has 3 aromatic rings. The Morgan fingerprint density at radius 3 is 2.81 bits per heavy atom. The first kappa shape index (κ1) is 16.7. The smallest absolute Gasteiger partial charge is 0.330 e. The van der Waals surface area contributed by atoms with Crippen molar-refractivity contribution in [1.82, 2.24) is 19.7 Å². The zero-order valence-electron chi connectivity index (χ0n) is 14.7. The summed E-state index contributed by atoms with van der Waals surface area (Å²) in [5.41, 5.74) is 1.54. The van der Waals surface area contributed by atoms with Gasteiger partial charge in [-0.25, -0.2) is 4.79 Å². The number of methoxy groups -OCH3 is 1. The van der Waals surface area contributed by atoms with E-state index in [1.807, 2.05) is 31.2 Å². The minimum absolute atomic E-state index is 0.186. The highest BCUT2D eigenvalue weighted by atomic mass is 16.5. The topological polar surface area (TPSA) is 95.2 Å². The largest absolute Gasteiger partial charge is 0.381 e. The first-order valence-corrected chi connectivity index (χ1v) is 8.48. The van der Waals surface area contributed by atoms with Crippen LogP contribution in [0.25, 0.3) is 17.1 Å². The number of rotatable bonds is 4. The lowest BCUT2D eigenvalue weighted by Crippen LogP contribution is -2.35. The molecule has 136 valence electrons. The molecule has 1 N–H and O–H groups in total. The zero-order chi connectivity index (χ0) is 18.1. The number of aromatic nitrogens is 4. The molecule has 4 rings (SSSR count). The molecule has 0 saturated carbocycles. The Labute approximate surface area is 149 Å². The maximum absolute atomic E-state index is 12.0. The summed E-state index contributed by atoms with van der Waals surface area (Å²) >= 11 is 0. The van der Waals surface area contributed by atoms with Crippen LogP contribution in [0.5, 0.6) is 0 Å². The highest BCUT2D eigenvalue weighted by molar-refractivity contribution is 5.58. The average Bonchev–Trinajstić information content (AvgIpc) is 3.30. The zero-order valence-corrected chi connectivity index (χ0v) is 14.7. The van der Waals surface area contributed by atoms with E-state index in [4.69, 9.17) is 14.0 Å². The predicted molar refractivity (Wildman–Crippen MR) is 93.2 cm³/mol. The van der Waals surface area contributed by atoms with Crippen molar-refractivity contribution in [1.29, 1.82) is 0 Å². The number of nitrogens with one attached hydrogen (secondary N) is 1. The lowest BCUT2D eigenvalue weighted by Gasteiger charge is -2.32. The summed E-state index contributed by atoms with van der Waals surface area (Å²) in [5, 5.41) is 4.12. The van der Waals surface area contributed by atoms with Crippen LogP contribution in [0.4, 0.5) is 0 Å². The number of nitrogens with zero attached hydrogens (tertiary/aromatic N) is 3. The Morgan fingerprint density at radius 2 is 2.12 bits per heavy atom. The summed E-state index contributed by atoms with van der Waals surface area (Å²) < 4.78 is 18.2. The highest BCUT2D eigenvalue weighted by Crippen LogP contribution is 2.35. The molecule has 0 atom stereocenters. The summed E-state index contributed by atoms with van der Waals surface area (Å²) in [6, 6.07) is 7.47. The van der Waals surface area contributed by atoms with Crippen molar-refractivity contribution in [3.8, 4) is 17.1 Å². The molecule has 1 fully saturated rings. The molecule has 0 bridgehead atoms. The Hall–Kier alpha value is -2.71. The minimum Gasteiger partial charge on any atom is -0.381 e. The summed E-state index contributed by atoms with van der Waals surface area (Å²) in [6.07, 6.45) is 3.02. The van der Waals surface area contributed by atoms with Crippen LogP contribution in [0.15, 0.2) is 39.8 Å². The molecule has 2 aromatic heterocycles. The predicted octanol–water partition coefficient (Wildman–Crippen LogP) is 2.18. The molecule has 0 unspecified atom stereocenters. The molecule has 0 amide bonds. The van der Waals surface area contributed by atoms with Crippen molar-refractivity contribution in [3.05, 3.63) is 52.5 Å². The third-order valence-electron chi connectivity index (χ3n) is 4.83. The molecule has 0 aliphatic carbocycles. The fourth-order valence-corrected chi connectivity index (χ4v) is 3.29. The van der Waals surface area contributed by atoms with Gasteiger partial charge in [-0.1, -0.05) is 17.3 Å². The molecule has 1 aliphatic rings. The normalized spacial score (nSPS) is 16.7. The molecule has 3 heterocycles. The number of benzene rings is 1. The third kappa shape index (κ3) is 2.77. The number of aryl methyl sites for hydroxylation is 1. The molecule has 0 radical (unpaired) electrons. The molecule has 1 aliphatic heterocycles. The van der Waals surface area contributed by atoms with Crippen molar-refractivity contribution in [2.75, 3.05) is 20.3 Å². The van der Waals surface area contributed by atoms with Crippen LogP contribution in [0.1, 0.15) is 24.4 Å². The van der Waals surface area contributed by atoms with Crippen molar-refractivity contribution >= 4 is 0 Å². The van der Waals surface area contributed by atoms with Crippen LogP contribution in [-0.2, 0) is 15.1 Å². The molecular weight excluding hydrogens is 336 g/mol. The van der Waals surface area contributed by atoms with Gasteiger partial charge in [-0.05, 0) is 19.1 Å². The number of ether oxygens (including phenoxy) is 2. The van der Waals surface area contributed by atoms with Crippen molar-refractivity contribution in [2.45, 2.75) is 25.4 Å². The number of H-pyrrole nitrogens is 1. The minimum atomic E-state index is -0.602. The molecule has 26 heavy (non-hydrogen) atoms. The van der Waals surface area contributed by atoms with Gasteiger partial charge in [-0.3, -0.25) is 4.57 Å². The van der Waals surface area contributed by atoms with E-state index >= 15 is 0 Å². The Balaban J connectivity index is 1.70. The van der Waals surface area contributed by atoms with Gasteiger partial charge in [0.1, 0.15) is 0 Å².